The molecule has 0 aliphatic carbocycles. The summed E-state index contributed by atoms with van der Waals surface area (Å²) in [5, 5.41) is 7.92. The van der Waals surface area contributed by atoms with E-state index in [1.807, 2.05) is 31.2 Å². The maximum atomic E-state index is 13.4. The Kier molecular flexibility index (Phi) is 6.47. The molecule has 3 aromatic rings. The van der Waals surface area contributed by atoms with Crippen molar-refractivity contribution in [1.29, 1.82) is 0 Å². The van der Waals surface area contributed by atoms with E-state index in [-0.39, 0.29) is 17.8 Å². The van der Waals surface area contributed by atoms with Gasteiger partial charge in [-0.05, 0) is 37.6 Å². The van der Waals surface area contributed by atoms with Gasteiger partial charge in [-0.3, -0.25) is 4.79 Å². The molecule has 0 radical (unpaired) electrons. The van der Waals surface area contributed by atoms with E-state index in [9.17, 15) is 9.18 Å². The minimum atomic E-state index is -0.302. The Morgan fingerprint density at radius 1 is 1.13 bits per heavy atom. The van der Waals surface area contributed by atoms with E-state index in [0.717, 1.165) is 37.1 Å². The van der Waals surface area contributed by atoms with Crippen LogP contribution in [-0.2, 0) is 0 Å². The standard InChI is InChI=1S/C25H29FN4O/c1-3-14-29-15-12-21(13-16-29)27-25(31)23-17-30(22-10-8-20(26)9-11-22)28-24(23)19-6-4-18(2)5-7-19/h4-11,17,21H,3,12-16H2,1-2H3,(H,27,31)/p+1. The summed E-state index contributed by atoms with van der Waals surface area (Å²) >= 11 is 0. The average Bonchev–Trinajstić information content (AvgIpc) is 3.22. The first-order valence-electron chi connectivity index (χ1n) is 11.1. The van der Waals surface area contributed by atoms with Gasteiger partial charge < -0.3 is 10.2 Å². The van der Waals surface area contributed by atoms with E-state index < -0.39 is 0 Å². The third-order valence-corrected chi connectivity index (χ3v) is 6.01. The van der Waals surface area contributed by atoms with Crippen molar-refractivity contribution >= 4 is 5.91 Å². The number of piperidine rings is 1. The van der Waals surface area contributed by atoms with Gasteiger partial charge in [0, 0.05) is 30.6 Å². The van der Waals surface area contributed by atoms with Gasteiger partial charge >= 0.3 is 0 Å². The zero-order valence-electron chi connectivity index (χ0n) is 18.2. The maximum Gasteiger partial charge on any atom is 0.255 e. The molecule has 162 valence electrons. The molecule has 0 atom stereocenters. The molecule has 2 N–H and O–H groups in total. The molecular weight excluding hydrogens is 391 g/mol. The minimum Gasteiger partial charge on any atom is -0.349 e. The lowest BCUT2D eigenvalue weighted by atomic mass is 10.0. The van der Waals surface area contributed by atoms with Crippen LogP contribution in [-0.4, -0.2) is 41.4 Å². The summed E-state index contributed by atoms with van der Waals surface area (Å²) in [7, 11) is 0. The van der Waals surface area contributed by atoms with E-state index >= 15 is 0 Å². The van der Waals surface area contributed by atoms with Crippen molar-refractivity contribution in [2.75, 3.05) is 19.6 Å². The monoisotopic (exact) mass is 421 g/mol. The Bertz CT molecular complexity index is 1020. The molecule has 4 rings (SSSR count). The molecule has 2 heterocycles. The van der Waals surface area contributed by atoms with Gasteiger partial charge in [-0.25, -0.2) is 9.07 Å². The van der Waals surface area contributed by atoms with Crippen molar-refractivity contribution in [3.05, 3.63) is 71.7 Å². The van der Waals surface area contributed by atoms with Crippen molar-refractivity contribution < 1.29 is 14.1 Å². The number of amides is 1. The molecular formula is C25H30FN4O+. The zero-order chi connectivity index (χ0) is 21.8. The van der Waals surface area contributed by atoms with Crippen LogP contribution >= 0.6 is 0 Å². The van der Waals surface area contributed by atoms with Gasteiger partial charge in [0.25, 0.3) is 5.91 Å². The van der Waals surface area contributed by atoms with E-state index in [0.29, 0.717) is 16.9 Å². The summed E-state index contributed by atoms with van der Waals surface area (Å²) in [4.78, 5) is 14.9. The van der Waals surface area contributed by atoms with Gasteiger partial charge in [-0.1, -0.05) is 36.8 Å². The molecule has 1 aliphatic heterocycles. The summed E-state index contributed by atoms with van der Waals surface area (Å²) < 4.78 is 15.0. The SMILES string of the molecule is CCC[NH+]1CCC(NC(=O)c2cn(-c3ccc(F)cc3)nc2-c2ccc(C)cc2)CC1. The fourth-order valence-corrected chi connectivity index (χ4v) is 4.23. The topological polar surface area (TPSA) is 51.4 Å². The van der Waals surface area contributed by atoms with Crippen molar-refractivity contribution in [3.63, 3.8) is 0 Å². The summed E-state index contributed by atoms with van der Waals surface area (Å²) in [5.41, 5.74) is 3.92. The third-order valence-electron chi connectivity index (χ3n) is 6.01. The second-order valence-corrected chi connectivity index (χ2v) is 8.43. The number of nitrogens with one attached hydrogen (secondary N) is 2. The molecule has 1 saturated heterocycles. The normalized spacial score (nSPS) is 18.7. The van der Waals surface area contributed by atoms with Crippen LogP contribution in [0.4, 0.5) is 4.39 Å². The lowest BCUT2D eigenvalue weighted by Gasteiger charge is -2.29. The van der Waals surface area contributed by atoms with Crippen molar-refractivity contribution in [1.82, 2.24) is 15.1 Å². The number of aromatic nitrogens is 2. The summed E-state index contributed by atoms with van der Waals surface area (Å²) in [5.74, 6) is -0.406. The number of hydrogen-bond donors (Lipinski definition) is 2. The zero-order valence-corrected chi connectivity index (χ0v) is 18.2. The average molecular weight is 422 g/mol. The highest BCUT2D eigenvalue weighted by Gasteiger charge is 2.25. The number of aryl methyl sites for hydroxylation is 1. The van der Waals surface area contributed by atoms with E-state index in [1.165, 1.54) is 25.1 Å². The first kappa shape index (κ1) is 21.2. The van der Waals surface area contributed by atoms with Gasteiger partial charge in [0.05, 0.1) is 30.9 Å². The van der Waals surface area contributed by atoms with Gasteiger partial charge in [-0.2, -0.15) is 5.10 Å². The van der Waals surface area contributed by atoms with Crippen molar-refractivity contribution in [3.8, 4) is 16.9 Å². The number of hydrogen-bond acceptors (Lipinski definition) is 2. The molecule has 2 aromatic carbocycles. The van der Waals surface area contributed by atoms with Crippen LogP contribution in [0, 0.1) is 12.7 Å². The number of quaternary nitrogens is 1. The number of carbonyl (C=O) groups excluding carboxylic acids is 1. The Hall–Kier alpha value is -2.99. The molecule has 1 amide bonds. The number of benzene rings is 2. The molecule has 0 saturated carbocycles. The highest BCUT2D eigenvalue weighted by atomic mass is 19.1. The summed E-state index contributed by atoms with van der Waals surface area (Å²) in [6, 6.07) is 14.3. The fraction of sp³-hybridized carbons (Fsp3) is 0.360. The number of nitrogens with zero attached hydrogens (tertiary/aromatic N) is 2. The second kappa shape index (κ2) is 9.43. The van der Waals surface area contributed by atoms with Crippen molar-refractivity contribution in [2.24, 2.45) is 0 Å². The number of carbonyl (C=O) groups is 1. The van der Waals surface area contributed by atoms with E-state index in [1.54, 1.807) is 27.9 Å². The quantitative estimate of drug-likeness (QED) is 0.642. The predicted molar refractivity (Wildman–Crippen MR) is 120 cm³/mol. The first-order chi connectivity index (χ1) is 15.0. The van der Waals surface area contributed by atoms with E-state index in [4.69, 9.17) is 0 Å². The Labute approximate surface area is 182 Å². The molecule has 0 unspecified atom stereocenters. The van der Waals surface area contributed by atoms with Crippen LogP contribution in [0.5, 0.6) is 0 Å². The Morgan fingerprint density at radius 3 is 2.45 bits per heavy atom. The Morgan fingerprint density at radius 2 is 1.81 bits per heavy atom. The number of halogens is 1. The predicted octanol–water partition coefficient (Wildman–Crippen LogP) is 3.17. The molecule has 31 heavy (non-hydrogen) atoms. The highest BCUT2D eigenvalue weighted by molar-refractivity contribution is 6.00. The van der Waals surface area contributed by atoms with Crippen LogP contribution in [0.1, 0.15) is 42.1 Å². The van der Waals surface area contributed by atoms with Crippen LogP contribution in [0.15, 0.2) is 54.7 Å². The smallest absolute Gasteiger partial charge is 0.255 e. The number of rotatable bonds is 6. The molecule has 0 bridgehead atoms. The fourth-order valence-electron chi connectivity index (χ4n) is 4.23. The second-order valence-electron chi connectivity index (χ2n) is 8.43. The summed E-state index contributed by atoms with van der Waals surface area (Å²) in [6.07, 6.45) is 4.92. The third kappa shape index (κ3) is 5.02. The molecule has 1 aromatic heterocycles. The van der Waals surface area contributed by atoms with E-state index in [2.05, 4.69) is 17.3 Å². The molecule has 6 heteroatoms. The summed E-state index contributed by atoms with van der Waals surface area (Å²) in [6.45, 7) is 7.63. The lowest BCUT2D eigenvalue weighted by Crippen LogP contribution is -3.13. The van der Waals surface area contributed by atoms with Gasteiger partial charge in [0.2, 0.25) is 0 Å². The molecule has 5 nitrogen and oxygen atoms in total. The highest BCUT2D eigenvalue weighted by Crippen LogP contribution is 2.25. The Balaban J connectivity index is 1.59. The number of likely N-dealkylation sites (tertiary alicyclic amines) is 1. The largest absolute Gasteiger partial charge is 0.349 e. The van der Waals surface area contributed by atoms with Gasteiger partial charge in [0.15, 0.2) is 0 Å². The lowest BCUT2D eigenvalue weighted by molar-refractivity contribution is -0.905. The van der Waals surface area contributed by atoms with Crippen LogP contribution < -0.4 is 10.2 Å². The molecule has 0 spiro atoms. The maximum absolute atomic E-state index is 13.4. The minimum absolute atomic E-state index is 0.104. The first-order valence-corrected chi connectivity index (χ1v) is 11.1. The van der Waals surface area contributed by atoms with Crippen LogP contribution in [0.25, 0.3) is 16.9 Å². The van der Waals surface area contributed by atoms with Crippen LogP contribution in [0.2, 0.25) is 0 Å². The van der Waals surface area contributed by atoms with Gasteiger partial charge in [-0.15, -0.1) is 0 Å². The van der Waals surface area contributed by atoms with Gasteiger partial charge in [0.1, 0.15) is 11.5 Å². The van der Waals surface area contributed by atoms with Crippen LogP contribution in [0.3, 0.4) is 0 Å². The molecule has 1 fully saturated rings. The van der Waals surface area contributed by atoms with Crippen molar-refractivity contribution in [2.45, 2.75) is 39.2 Å². The molecule has 1 aliphatic rings.